The highest BCUT2D eigenvalue weighted by atomic mass is 32.2. The van der Waals surface area contributed by atoms with E-state index in [9.17, 15) is 18.5 Å². The average Bonchev–Trinajstić information content (AvgIpc) is 2.82. The van der Waals surface area contributed by atoms with E-state index in [0.29, 0.717) is 25.0 Å². The third-order valence-corrected chi connectivity index (χ3v) is 6.17. The van der Waals surface area contributed by atoms with Crippen molar-refractivity contribution in [3.8, 4) is 0 Å². The molecular formula is C20H22N2O5S. The number of nitro groups is 1. The average molecular weight is 402 g/mol. The maximum atomic E-state index is 12.7. The van der Waals surface area contributed by atoms with E-state index < -0.39 is 14.9 Å². The van der Waals surface area contributed by atoms with E-state index in [1.54, 1.807) is 18.2 Å². The van der Waals surface area contributed by atoms with E-state index in [-0.39, 0.29) is 24.9 Å². The van der Waals surface area contributed by atoms with E-state index in [1.165, 1.54) is 21.8 Å². The van der Waals surface area contributed by atoms with Crippen LogP contribution in [0.15, 0.2) is 66.1 Å². The van der Waals surface area contributed by atoms with Gasteiger partial charge in [0.25, 0.3) is 5.69 Å². The van der Waals surface area contributed by atoms with Gasteiger partial charge in [-0.2, -0.15) is 4.31 Å². The Morgan fingerprint density at radius 3 is 2.61 bits per heavy atom. The minimum Gasteiger partial charge on any atom is -0.375 e. The lowest BCUT2D eigenvalue weighted by Crippen LogP contribution is -2.40. The summed E-state index contributed by atoms with van der Waals surface area (Å²) in [4.78, 5) is 10.5. The van der Waals surface area contributed by atoms with Crippen molar-refractivity contribution in [3.05, 3.63) is 87.3 Å². The maximum absolute atomic E-state index is 12.7. The Bertz CT molecular complexity index is 944. The van der Waals surface area contributed by atoms with Crippen LogP contribution in [0.1, 0.15) is 24.0 Å². The number of nitrogens with zero attached hydrogens (tertiary/aromatic N) is 2. The van der Waals surface area contributed by atoms with Gasteiger partial charge in [0.15, 0.2) is 0 Å². The summed E-state index contributed by atoms with van der Waals surface area (Å²) in [7, 11) is -3.63. The van der Waals surface area contributed by atoms with Crippen LogP contribution in [0.25, 0.3) is 0 Å². The lowest BCUT2D eigenvalue weighted by atomic mass is 10.1. The summed E-state index contributed by atoms with van der Waals surface area (Å²) in [6.07, 6.45) is 2.90. The molecule has 8 heteroatoms. The lowest BCUT2D eigenvalue weighted by molar-refractivity contribution is -0.384. The van der Waals surface area contributed by atoms with Crippen molar-refractivity contribution in [2.24, 2.45) is 0 Å². The molecule has 0 fully saturated rings. The van der Waals surface area contributed by atoms with Crippen LogP contribution >= 0.6 is 0 Å². The van der Waals surface area contributed by atoms with Crippen LogP contribution in [0.5, 0.6) is 0 Å². The number of rotatable bonds is 7. The molecule has 1 aliphatic heterocycles. The number of hydrogen-bond acceptors (Lipinski definition) is 5. The normalized spacial score (nSPS) is 19.2. The van der Waals surface area contributed by atoms with Crippen molar-refractivity contribution < 1.29 is 18.1 Å². The zero-order valence-electron chi connectivity index (χ0n) is 15.3. The molecule has 1 aliphatic rings. The van der Waals surface area contributed by atoms with Crippen molar-refractivity contribution in [2.45, 2.75) is 32.0 Å². The molecule has 0 spiro atoms. The Labute approximate surface area is 164 Å². The summed E-state index contributed by atoms with van der Waals surface area (Å²) in [6, 6.07) is 15.4. The molecule has 2 aromatic carbocycles. The number of sulfonamides is 1. The number of allylic oxidation sites excluding steroid dienone is 1. The number of ether oxygens (including phenoxy) is 1. The van der Waals surface area contributed by atoms with Crippen LogP contribution in [0.4, 0.5) is 5.69 Å². The Balaban J connectivity index is 1.75. The molecule has 7 nitrogen and oxygen atoms in total. The Hall–Kier alpha value is -2.55. The van der Waals surface area contributed by atoms with Crippen molar-refractivity contribution >= 4 is 15.7 Å². The van der Waals surface area contributed by atoms with Gasteiger partial charge in [-0.3, -0.25) is 10.1 Å². The largest absolute Gasteiger partial charge is 0.375 e. The van der Waals surface area contributed by atoms with Crippen molar-refractivity contribution in [2.75, 3.05) is 6.61 Å². The fourth-order valence-corrected chi connectivity index (χ4v) is 4.58. The predicted molar refractivity (Wildman–Crippen MR) is 106 cm³/mol. The third kappa shape index (κ3) is 5.25. The third-order valence-electron chi connectivity index (χ3n) is 4.55. The molecule has 3 rings (SSSR count). The summed E-state index contributed by atoms with van der Waals surface area (Å²) in [6.45, 7) is 0.716. The molecule has 0 aromatic heterocycles. The van der Waals surface area contributed by atoms with Gasteiger partial charge in [0.1, 0.15) is 0 Å². The first kappa shape index (κ1) is 20.2. The van der Waals surface area contributed by atoms with Crippen LogP contribution < -0.4 is 0 Å². The van der Waals surface area contributed by atoms with E-state index in [2.05, 4.69) is 0 Å². The molecular weight excluding hydrogens is 380 g/mol. The van der Waals surface area contributed by atoms with Crippen molar-refractivity contribution in [1.82, 2.24) is 4.31 Å². The monoisotopic (exact) mass is 402 g/mol. The van der Waals surface area contributed by atoms with Gasteiger partial charge in [0.05, 0.1) is 18.1 Å². The molecule has 1 heterocycles. The first-order valence-corrected chi connectivity index (χ1v) is 10.5. The number of nitro benzene ring substituents is 1. The van der Waals surface area contributed by atoms with Gasteiger partial charge in [0, 0.05) is 30.1 Å². The summed E-state index contributed by atoms with van der Waals surface area (Å²) in [5, 5.41) is 12.2. The topological polar surface area (TPSA) is 89.8 Å². The fourth-order valence-electron chi connectivity index (χ4n) is 3.13. The summed E-state index contributed by atoms with van der Waals surface area (Å²) in [5.74, 6) is 0. The molecule has 148 valence electrons. The number of non-ortho nitro benzene ring substituents is 1. The van der Waals surface area contributed by atoms with E-state index in [0.717, 1.165) is 5.56 Å². The van der Waals surface area contributed by atoms with Gasteiger partial charge in [-0.15, -0.1) is 0 Å². The van der Waals surface area contributed by atoms with Gasteiger partial charge in [-0.25, -0.2) is 8.42 Å². The maximum Gasteiger partial charge on any atom is 0.269 e. The van der Waals surface area contributed by atoms with Crippen LogP contribution in [0.2, 0.25) is 0 Å². The molecule has 2 aromatic rings. The highest BCUT2D eigenvalue weighted by molar-refractivity contribution is 7.92. The Kier molecular flexibility index (Phi) is 6.56. The second-order valence-corrected chi connectivity index (χ2v) is 8.39. The Morgan fingerprint density at radius 1 is 1.11 bits per heavy atom. The molecule has 1 atom stereocenters. The molecule has 0 radical (unpaired) electrons. The zero-order chi connectivity index (χ0) is 20.0. The molecule has 0 unspecified atom stereocenters. The quantitative estimate of drug-likeness (QED) is 0.521. The first-order chi connectivity index (χ1) is 13.5. The van der Waals surface area contributed by atoms with Gasteiger partial charge in [0.2, 0.25) is 10.0 Å². The highest BCUT2D eigenvalue weighted by Crippen LogP contribution is 2.24. The number of benzene rings is 2. The molecule has 0 N–H and O–H groups in total. The predicted octanol–water partition coefficient (Wildman–Crippen LogP) is 3.62. The number of hydrogen-bond donors (Lipinski definition) is 0. The van der Waals surface area contributed by atoms with Gasteiger partial charge < -0.3 is 4.74 Å². The van der Waals surface area contributed by atoms with E-state index in [4.69, 9.17) is 4.74 Å². The van der Waals surface area contributed by atoms with Crippen LogP contribution in [-0.2, 0) is 27.9 Å². The summed E-state index contributed by atoms with van der Waals surface area (Å²) < 4.78 is 32.6. The van der Waals surface area contributed by atoms with Crippen molar-refractivity contribution in [1.29, 1.82) is 0 Å². The fraction of sp³-hybridized carbons (Fsp3) is 0.300. The standard InChI is InChI=1S/C20H22N2O5S/c23-22(24)19-11-6-9-18(13-19)14-21-20(10-4-5-12-28(21,25)26)16-27-15-17-7-2-1-3-8-17/h1-3,5-9,11-13,20H,4,10,14-16H2/t20-/m1/s1. The molecule has 0 bridgehead atoms. The summed E-state index contributed by atoms with van der Waals surface area (Å²) in [5.41, 5.74) is 1.53. The van der Waals surface area contributed by atoms with Gasteiger partial charge in [-0.1, -0.05) is 48.5 Å². The van der Waals surface area contributed by atoms with Gasteiger partial charge in [-0.05, 0) is 24.0 Å². The molecule has 28 heavy (non-hydrogen) atoms. The second-order valence-electron chi connectivity index (χ2n) is 6.62. The molecule has 0 aliphatic carbocycles. The smallest absolute Gasteiger partial charge is 0.269 e. The van der Waals surface area contributed by atoms with Crippen LogP contribution in [0, 0.1) is 10.1 Å². The lowest BCUT2D eigenvalue weighted by Gasteiger charge is -2.28. The highest BCUT2D eigenvalue weighted by Gasteiger charge is 2.30. The van der Waals surface area contributed by atoms with Gasteiger partial charge >= 0.3 is 0 Å². The summed E-state index contributed by atoms with van der Waals surface area (Å²) >= 11 is 0. The molecule has 0 saturated carbocycles. The SMILES string of the molecule is O=[N+]([O-])c1cccc(CN2[C@@H](COCc3ccccc3)CCC=CS2(=O)=O)c1. The Morgan fingerprint density at radius 2 is 1.86 bits per heavy atom. The van der Waals surface area contributed by atoms with E-state index in [1.807, 2.05) is 30.3 Å². The van der Waals surface area contributed by atoms with Crippen LogP contribution in [0.3, 0.4) is 0 Å². The molecule has 0 amide bonds. The van der Waals surface area contributed by atoms with Crippen molar-refractivity contribution in [3.63, 3.8) is 0 Å². The molecule has 0 saturated heterocycles. The zero-order valence-corrected chi connectivity index (χ0v) is 16.1. The first-order valence-electron chi connectivity index (χ1n) is 8.99. The minimum absolute atomic E-state index is 0.0582. The van der Waals surface area contributed by atoms with E-state index >= 15 is 0 Å². The second kappa shape index (κ2) is 9.09. The van der Waals surface area contributed by atoms with Crippen LogP contribution in [-0.4, -0.2) is 30.3 Å². The minimum atomic E-state index is -3.63.